The van der Waals surface area contributed by atoms with Crippen LogP contribution in [0, 0.1) is 5.82 Å². The van der Waals surface area contributed by atoms with Crippen LogP contribution in [0.5, 0.6) is 0 Å². The van der Waals surface area contributed by atoms with Crippen molar-refractivity contribution in [1.82, 2.24) is 19.5 Å². The first-order valence-corrected chi connectivity index (χ1v) is 9.20. The maximum Gasteiger partial charge on any atom is 0.165 e. The van der Waals surface area contributed by atoms with Gasteiger partial charge in [-0.2, -0.15) is 0 Å². The van der Waals surface area contributed by atoms with Gasteiger partial charge in [-0.05, 0) is 6.07 Å². The molecule has 3 aromatic rings. The smallest absolute Gasteiger partial charge is 0.165 e. The van der Waals surface area contributed by atoms with Gasteiger partial charge < -0.3 is 24.0 Å². The maximum atomic E-state index is 13.6. The molecule has 1 unspecified atom stereocenters. The Balaban J connectivity index is 1.39. The fourth-order valence-corrected chi connectivity index (χ4v) is 3.21. The Kier molecular flexibility index (Phi) is 5.75. The number of aliphatic hydroxyl groups is 1. The second kappa shape index (κ2) is 8.59. The zero-order valence-corrected chi connectivity index (χ0v) is 15.4. The number of rotatable bonds is 7. The molecule has 0 aliphatic carbocycles. The van der Waals surface area contributed by atoms with Crippen molar-refractivity contribution in [2.24, 2.45) is 0 Å². The van der Waals surface area contributed by atoms with Gasteiger partial charge in [0.15, 0.2) is 17.0 Å². The molecule has 148 valence electrons. The number of anilines is 1. The lowest BCUT2D eigenvalue weighted by atomic mass is 10.2. The molecule has 0 radical (unpaired) electrons. The normalized spacial score (nSPS) is 15.9. The van der Waals surface area contributed by atoms with Crippen LogP contribution in [0.1, 0.15) is 5.56 Å². The topological polar surface area (TPSA) is 85.5 Å². The number of benzene rings is 1. The number of nitrogens with zero attached hydrogens (tertiary/aromatic N) is 5. The summed E-state index contributed by atoms with van der Waals surface area (Å²) in [7, 11) is 0. The average molecular weight is 387 g/mol. The SMILES string of the molecule is OC(COCc1ccccc1F)Cn1cnc2c(N3CCOCC3)ncnc21. The summed E-state index contributed by atoms with van der Waals surface area (Å²) in [5, 5.41) is 10.3. The predicted molar refractivity (Wildman–Crippen MR) is 100 cm³/mol. The van der Waals surface area contributed by atoms with Gasteiger partial charge in [0.05, 0.1) is 45.4 Å². The molecule has 1 N–H and O–H groups in total. The molecule has 8 nitrogen and oxygen atoms in total. The molecule has 4 rings (SSSR count). The van der Waals surface area contributed by atoms with Crippen LogP contribution in [0.4, 0.5) is 10.2 Å². The molecule has 1 fully saturated rings. The molecule has 0 amide bonds. The standard InChI is InChI=1S/C19H22FN5O3/c20-16-4-2-1-3-14(16)10-28-11-15(26)9-25-13-23-17-18(21-12-22-19(17)25)24-5-7-27-8-6-24/h1-4,12-13,15,26H,5-11H2. The van der Waals surface area contributed by atoms with Crippen molar-refractivity contribution in [3.8, 4) is 0 Å². The van der Waals surface area contributed by atoms with E-state index in [2.05, 4.69) is 19.9 Å². The van der Waals surface area contributed by atoms with Gasteiger partial charge in [-0.3, -0.25) is 0 Å². The number of ether oxygens (including phenoxy) is 2. The summed E-state index contributed by atoms with van der Waals surface area (Å²) >= 11 is 0. The van der Waals surface area contributed by atoms with Gasteiger partial charge in [-0.15, -0.1) is 0 Å². The average Bonchev–Trinajstić information content (AvgIpc) is 3.13. The third-order valence-electron chi connectivity index (χ3n) is 4.63. The van der Waals surface area contributed by atoms with Gasteiger partial charge in [-0.1, -0.05) is 18.2 Å². The second-order valence-electron chi connectivity index (χ2n) is 6.63. The monoisotopic (exact) mass is 387 g/mol. The van der Waals surface area contributed by atoms with Gasteiger partial charge in [0.1, 0.15) is 12.1 Å². The van der Waals surface area contributed by atoms with Crippen molar-refractivity contribution >= 4 is 17.0 Å². The van der Waals surface area contributed by atoms with E-state index in [1.807, 2.05) is 0 Å². The lowest BCUT2D eigenvalue weighted by Gasteiger charge is -2.27. The molecule has 2 aromatic heterocycles. The number of hydrogen-bond donors (Lipinski definition) is 1. The Morgan fingerprint density at radius 1 is 1.18 bits per heavy atom. The Morgan fingerprint density at radius 2 is 2.00 bits per heavy atom. The third kappa shape index (κ3) is 4.11. The Morgan fingerprint density at radius 3 is 2.82 bits per heavy atom. The molecule has 3 heterocycles. The highest BCUT2D eigenvalue weighted by Gasteiger charge is 2.19. The number of aromatic nitrogens is 4. The van der Waals surface area contributed by atoms with Crippen LogP contribution in [0.15, 0.2) is 36.9 Å². The minimum Gasteiger partial charge on any atom is -0.389 e. The third-order valence-corrected chi connectivity index (χ3v) is 4.63. The number of hydrogen-bond acceptors (Lipinski definition) is 7. The molecule has 9 heteroatoms. The van der Waals surface area contributed by atoms with Crippen LogP contribution in [0.3, 0.4) is 0 Å². The number of imidazole rings is 1. The summed E-state index contributed by atoms with van der Waals surface area (Å²) < 4.78 is 26.2. The second-order valence-corrected chi connectivity index (χ2v) is 6.63. The molecule has 0 bridgehead atoms. The van der Waals surface area contributed by atoms with Gasteiger partial charge in [-0.25, -0.2) is 19.3 Å². The highest BCUT2D eigenvalue weighted by atomic mass is 19.1. The van der Waals surface area contributed by atoms with Crippen molar-refractivity contribution in [1.29, 1.82) is 0 Å². The van der Waals surface area contributed by atoms with E-state index in [1.165, 1.54) is 12.4 Å². The van der Waals surface area contributed by atoms with E-state index >= 15 is 0 Å². The highest BCUT2D eigenvalue weighted by Crippen LogP contribution is 2.22. The molecule has 0 spiro atoms. The van der Waals surface area contributed by atoms with Crippen LogP contribution >= 0.6 is 0 Å². The summed E-state index contributed by atoms with van der Waals surface area (Å²) in [6, 6.07) is 6.43. The Labute approximate surface area is 161 Å². The van der Waals surface area contributed by atoms with Gasteiger partial charge in [0.2, 0.25) is 0 Å². The zero-order chi connectivity index (χ0) is 19.3. The first kappa shape index (κ1) is 18.7. The molecule has 28 heavy (non-hydrogen) atoms. The van der Waals surface area contributed by atoms with E-state index in [4.69, 9.17) is 9.47 Å². The van der Waals surface area contributed by atoms with Gasteiger partial charge in [0, 0.05) is 18.7 Å². The van der Waals surface area contributed by atoms with Crippen molar-refractivity contribution in [2.75, 3.05) is 37.8 Å². The molecule has 1 aromatic carbocycles. The van der Waals surface area contributed by atoms with Crippen LogP contribution < -0.4 is 4.90 Å². The molecule has 1 saturated heterocycles. The molecule has 0 saturated carbocycles. The maximum absolute atomic E-state index is 13.6. The molecular formula is C19H22FN5O3. The van der Waals surface area contributed by atoms with E-state index in [9.17, 15) is 9.50 Å². The fourth-order valence-electron chi connectivity index (χ4n) is 3.21. The molecule has 1 aliphatic heterocycles. The number of fused-ring (bicyclic) bond motifs is 1. The lowest BCUT2D eigenvalue weighted by molar-refractivity contribution is 0.0199. The van der Waals surface area contributed by atoms with Crippen LogP contribution in [-0.2, 0) is 22.6 Å². The summed E-state index contributed by atoms with van der Waals surface area (Å²) in [5.74, 6) is 0.460. The van der Waals surface area contributed by atoms with E-state index in [1.54, 1.807) is 29.1 Å². The summed E-state index contributed by atoms with van der Waals surface area (Å²) in [6.45, 7) is 3.28. The summed E-state index contributed by atoms with van der Waals surface area (Å²) in [6.07, 6.45) is 2.38. The highest BCUT2D eigenvalue weighted by molar-refractivity contribution is 5.83. The van der Waals surface area contributed by atoms with Gasteiger partial charge >= 0.3 is 0 Å². The van der Waals surface area contributed by atoms with Crippen molar-refractivity contribution in [3.05, 3.63) is 48.3 Å². The minimum atomic E-state index is -0.772. The first-order valence-electron chi connectivity index (χ1n) is 9.20. The Bertz CT molecular complexity index is 929. The lowest BCUT2D eigenvalue weighted by Crippen LogP contribution is -2.37. The molecule has 1 atom stereocenters. The fraction of sp³-hybridized carbons (Fsp3) is 0.421. The van der Waals surface area contributed by atoms with Crippen molar-refractivity contribution in [3.63, 3.8) is 0 Å². The Hall–Kier alpha value is -2.62. The van der Waals surface area contributed by atoms with Crippen LogP contribution in [0.2, 0.25) is 0 Å². The van der Waals surface area contributed by atoms with Crippen LogP contribution in [-0.4, -0.2) is 63.6 Å². The predicted octanol–water partition coefficient (Wildman–Crippen LogP) is 1.38. The number of aliphatic hydroxyl groups excluding tert-OH is 1. The van der Waals surface area contributed by atoms with Crippen molar-refractivity contribution in [2.45, 2.75) is 19.3 Å². The number of morpholine rings is 1. The summed E-state index contributed by atoms with van der Waals surface area (Å²) in [5.41, 5.74) is 1.82. The van der Waals surface area contributed by atoms with E-state index < -0.39 is 6.10 Å². The number of halogens is 1. The van der Waals surface area contributed by atoms with E-state index in [0.717, 1.165) is 18.9 Å². The quantitative estimate of drug-likeness (QED) is 0.655. The zero-order valence-electron chi connectivity index (χ0n) is 15.4. The van der Waals surface area contributed by atoms with Crippen molar-refractivity contribution < 1.29 is 19.0 Å². The molecule has 1 aliphatic rings. The van der Waals surface area contributed by atoms with E-state index in [-0.39, 0.29) is 25.6 Å². The minimum absolute atomic E-state index is 0.0788. The largest absolute Gasteiger partial charge is 0.389 e. The molecular weight excluding hydrogens is 365 g/mol. The van der Waals surface area contributed by atoms with Crippen LogP contribution in [0.25, 0.3) is 11.2 Å². The van der Waals surface area contributed by atoms with Gasteiger partial charge in [0.25, 0.3) is 0 Å². The summed E-state index contributed by atoms with van der Waals surface area (Å²) in [4.78, 5) is 15.3. The first-order chi connectivity index (χ1) is 13.7. The van der Waals surface area contributed by atoms with E-state index in [0.29, 0.717) is 29.9 Å².